The fraction of sp³-hybridized carbons (Fsp3) is 0.250. The molecule has 112 valence electrons. The van der Waals surface area contributed by atoms with Crippen molar-refractivity contribution in [3.63, 3.8) is 0 Å². The van der Waals surface area contributed by atoms with E-state index < -0.39 is 6.23 Å². The maximum Gasteiger partial charge on any atom is 0.185 e. The van der Waals surface area contributed by atoms with Gasteiger partial charge >= 0.3 is 0 Å². The Hall–Kier alpha value is -2.36. The van der Waals surface area contributed by atoms with Gasteiger partial charge < -0.3 is 14.8 Å². The van der Waals surface area contributed by atoms with Gasteiger partial charge in [0.25, 0.3) is 0 Å². The van der Waals surface area contributed by atoms with Crippen LogP contribution in [0.3, 0.4) is 0 Å². The van der Waals surface area contributed by atoms with Crippen LogP contribution in [0.5, 0.6) is 0 Å². The number of fused-ring (bicyclic) bond motifs is 1. The monoisotopic (exact) mass is 313 g/mol. The van der Waals surface area contributed by atoms with Gasteiger partial charge in [-0.05, 0) is 25.0 Å². The van der Waals surface area contributed by atoms with Gasteiger partial charge in [0.1, 0.15) is 22.8 Å². The summed E-state index contributed by atoms with van der Waals surface area (Å²) >= 11 is 1.22. The number of nitrogens with zero attached hydrogens (tertiary/aromatic N) is 2. The number of aliphatic hydroxyl groups excluding tert-OH is 1. The van der Waals surface area contributed by atoms with Gasteiger partial charge in [-0.2, -0.15) is 5.26 Å². The predicted molar refractivity (Wildman–Crippen MR) is 85.9 cm³/mol. The topological polar surface area (TPSA) is 82.1 Å². The Morgan fingerprint density at radius 1 is 1.45 bits per heavy atom. The number of anilines is 1. The molecule has 3 aromatic rings. The van der Waals surface area contributed by atoms with Gasteiger partial charge in [0, 0.05) is 17.4 Å². The van der Waals surface area contributed by atoms with Crippen molar-refractivity contribution in [3.05, 3.63) is 46.2 Å². The highest BCUT2D eigenvalue weighted by molar-refractivity contribution is 7.16. The Bertz CT molecular complexity index is 860. The van der Waals surface area contributed by atoms with E-state index in [1.54, 1.807) is 6.26 Å². The van der Waals surface area contributed by atoms with Gasteiger partial charge in [0.05, 0.1) is 12.5 Å². The van der Waals surface area contributed by atoms with Gasteiger partial charge in [-0.25, -0.2) is 4.98 Å². The first kappa shape index (κ1) is 14.6. The molecule has 5 nitrogen and oxygen atoms in total. The molecule has 0 amide bonds. The molecule has 0 radical (unpaired) electrons. The van der Waals surface area contributed by atoms with Gasteiger partial charge in [-0.1, -0.05) is 23.5 Å². The van der Waals surface area contributed by atoms with Crippen LogP contribution in [0.1, 0.15) is 21.6 Å². The van der Waals surface area contributed by atoms with Crippen LogP contribution in [0.15, 0.2) is 29.0 Å². The molecule has 3 rings (SSSR count). The Balaban J connectivity index is 1.78. The smallest absolute Gasteiger partial charge is 0.185 e. The number of hydrogen-bond donors (Lipinski definition) is 2. The molecule has 6 heteroatoms. The van der Waals surface area contributed by atoms with Crippen LogP contribution in [0.4, 0.5) is 5.13 Å². The Morgan fingerprint density at radius 3 is 3.00 bits per heavy atom. The summed E-state index contributed by atoms with van der Waals surface area (Å²) in [5.41, 5.74) is 4.10. The Kier molecular flexibility index (Phi) is 3.84. The maximum atomic E-state index is 10.2. The molecule has 2 heterocycles. The molecule has 0 saturated carbocycles. The summed E-state index contributed by atoms with van der Waals surface area (Å²) in [6.07, 6.45) is 2.78. The second-order valence-corrected chi connectivity index (χ2v) is 6.18. The number of thiazole rings is 1. The molecule has 0 spiro atoms. The molecular weight excluding hydrogens is 298 g/mol. The highest BCUT2D eigenvalue weighted by atomic mass is 32.1. The SMILES string of the molecule is Cc1ccc2c(CC(O)Nc3ncc(C#N)s3)coc2c1C. The highest BCUT2D eigenvalue weighted by Crippen LogP contribution is 2.27. The van der Waals surface area contributed by atoms with Crippen molar-refractivity contribution in [3.8, 4) is 6.07 Å². The van der Waals surface area contributed by atoms with E-state index in [1.807, 2.05) is 26.0 Å². The van der Waals surface area contributed by atoms with E-state index in [-0.39, 0.29) is 0 Å². The lowest BCUT2D eigenvalue weighted by molar-refractivity contribution is 0.204. The van der Waals surface area contributed by atoms with E-state index in [9.17, 15) is 5.11 Å². The minimum Gasteiger partial charge on any atom is -0.464 e. The fourth-order valence-electron chi connectivity index (χ4n) is 2.34. The minimum absolute atomic E-state index is 0.400. The summed E-state index contributed by atoms with van der Waals surface area (Å²) in [5, 5.41) is 23.4. The van der Waals surface area contributed by atoms with Crippen LogP contribution in [0, 0.1) is 25.2 Å². The third-order valence-corrected chi connectivity index (χ3v) is 4.49. The molecule has 2 N–H and O–H groups in total. The Morgan fingerprint density at radius 2 is 2.27 bits per heavy atom. The molecule has 22 heavy (non-hydrogen) atoms. The lowest BCUT2D eigenvalue weighted by Gasteiger charge is -2.10. The van der Waals surface area contributed by atoms with Crippen LogP contribution >= 0.6 is 11.3 Å². The van der Waals surface area contributed by atoms with Crippen LogP contribution in [0.2, 0.25) is 0 Å². The standard InChI is InChI=1S/C16H15N3O2S/c1-9-3-4-13-11(8-21-15(13)10(9)2)5-14(20)19-16-18-7-12(6-17)22-16/h3-4,7-8,14,20H,5H2,1-2H3,(H,18,19). The largest absolute Gasteiger partial charge is 0.464 e. The van der Waals surface area contributed by atoms with Crippen LogP contribution in [-0.2, 0) is 6.42 Å². The summed E-state index contributed by atoms with van der Waals surface area (Å²) < 4.78 is 5.64. The number of aryl methyl sites for hydroxylation is 2. The molecule has 1 atom stereocenters. The zero-order valence-corrected chi connectivity index (χ0v) is 13.1. The number of hydrogen-bond acceptors (Lipinski definition) is 6. The molecule has 0 fully saturated rings. The zero-order valence-electron chi connectivity index (χ0n) is 12.3. The fourth-order valence-corrected chi connectivity index (χ4v) is 3.00. The number of benzene rings is 1. The Labute approximate surface area is 131 Å². The summed E-state index contributed by atoms with van der Waals surface area (Å²) in [7, 11) is 0. The second kappa shape index (κ2) is 5.79. The van der Waals surface area contributed by atoms with E-state index in [0.717, 1.165) is 22.1 Å². The molecule has 0 aliphatic heterocycles. The van der Waals surface area contributed by atoms with E-state index in [0.29, 0.717) is 16.4 Å². The van der Waals surface area contributed by atoms with E-state index >= 15 is 0 Å². The highest BCUT2D eigenvalue weighted by Gasteiger charge is 2.14. The molecule has 0 bridgehead atoms. The third-order valence-electron chi connectivity index (χ3n) is 3.66. The van der Waals surface area contributed by atoms with Crippen molar-refractivity contribution in [2.45, 2.75) is 26.5 Å². The molecule has 1 unspecified atom stereocenters. The average molecular weight is 313 g/mol. The number of aliphatic hydroxyl groups is 1. The van der Waals surface area contributed by atoms with Gasteiger partial charge in [0.15, 0.2) is 5.13 Å². The van der Waals surface area contributed by atoms with Crippen molar-refractivity contribution in [2.75, 3.05) is 5.32 Å². The first-order valence-electron chi connectivity index (χ1n) is 6.85. The minimum atomic E-state index is -0.792. The molecule has 0 saturated heterocycles. The van der Waals surface area contributed by atoms with Crippen LogP contribution < -0.4 is 5.32 Å². The zero-order chi connectivity index (χ0) is 15.7. The van der Waals surface area contributed by atoms with Gasteiger partial charge in [-0.15, -0.1) is 0 Å². The predicted octanol–water partition coefficient (Wildman–Crippen LogP) is 3.35. The molecule has 0 aliphatic carbocycles. The van der Waals surface area contributed by atoms with Crippen LogP contribution in [-0.4, -0.2) is 16.3 Å². The van der Waals surface area contributed by atoms with E-state index in [1.165, 1.54) is 23.1 Å². The summed E-state index contributed by atoms with van der Waals surface area (Å²) in [6.45, 7) is 4.07. The average Bonchev–Trinajstić information content (AvgIpc) is 3.10. The molecule has 0 aliphatic rings. The maximum absolute atomic E-state index is 10.2. The van der Waals surface area contributed by atoms with Crippen molar-refractivity contribution in [2.24, 2.45) is 0 Å². The van der Waals surface area contributed by atoms with Crippen molar-refractivity contribution in [1.82, 2.24) is 4.98 Å². The van der Waals surface area contributed by atoms with Gasteiger partial charge in [0.2, 0.25) is 0 Å². The number of furan rings is 1. The summed E-state index contributed by atoms with van der Waals surface area (Å²) in [6, 6.07) is 6.09. The number of nitrogens with one attached hydrogen (secondary N) is 1. The van der Waals surface area contributed by atoms with Crippen molar-refractivity contribution >= 4 is 27.4 Å². The molecule has 2 aromatic heterocycles. The molecule has 1 aromatic carbocycles. The second-order valence-electron chi connectivity index (χ2n) is 5.15. The van der Waals surface area contributed by atoms with Crippen molar-refractivity contribution in [1.29, 1.82) is 5.26 Å². The number of rotatable bonds is 4. The third kappa shape index (κ3) is 2.69. The normalized spacial score (nSPS) is 12.3. The van der Waals surface area contributed by atoms with Crippen LogP contribution in [0.25, 0.3) is 11.0 Å². The summed E-state index contributed by atoms with van der Waals surface area (Å²) in [4.78, 5) is 4.55. The van der Waals surface area contributed by atoms with E-state index in [2.05, 4.69) is 16.4 Å². The lowest BCUT2D eigenvalue weighted by atomic mass is 10.0. The summed E-state index contributed by atoms with van der Waals surface area (Å²) in [5.74, 6) is 0. The van der Waals surface area contributed by atoms with Crippen molar-refractivity contribution < 1.29 is 9.52 Å². The quantitative estimate of drug-likeness (QED) is 0.722. The first-order chi connectivity index (χ1) is 10.6. The molecular formula is C16H15N3O2S. The number of nitriles is 1. The first-order valence-corrected chi connectivity index (χ1v) is 7.67. The van der Waals surface area contributed by atoms with Gasteiger partial charge in [-0.3, -0.25) is 0 Å². The lowest BCUT2D eigenvalue weighted by Crippen LogP contribution is -2.21. The van der Waals surface area contributed by atoms with E-state index in [4.69, 9.17) is 9.68 Å². The number of aromatic nitrogens is 1.